The van der Waals surface area contributed by atoms with Crippen LogP contribution < -0.4 is 4.74 Å². The monoisotopic (exact) mass is 404 g/mol. The van der Waals surface area contributed by atoms with Gasteiger partial charge in [0, 0.05) is 18.6 Å². The van der Waals surface area contributed by atoms with E-state index in [0.717, 1.165) is 0 Å². The molecule has 1 aromatic carbocycles. The van der Waals surface area contributed by atoms with Gasteiger partial charge in [-0.2, -0.15) is 0 Å². The molecule has 0 saturated carbocycles. The van der Waals surface area contributed by atoms with Gasteiger partial charge in [0.2, 0.25) is 0 Å². The van der Waals surface area contributed by atoms with Crippen LogP contribution in [-0.4, -0.2) is 11.9 Å². The zero-order chi connectivity index (χ0) is 17.6. The summed E-state index contributed by atoms with van der Waals surface area (Å²) in [5, 5.41) is 0.382. The highest BCUT2D eigenvalue weighted by Crippen LogP contribution is 2.36. The summed E-state index contributed by atoms with van der Waals surface area (Å²) < 4.78 is 11.1. The van der Waals surface area contributed by atoms with Gasteiger partial charge in [0.15, 0.2) is 0 Å². The Morgan fingerprint density at radius 2 is 1.74 bits per heavy atom. The molecule has 0 radical (unpaired) electrons. The van der Waals surface area contributed by atoms with Crippen molar-refractivity contribution >= 4 is 39.5 Å². The zero-order valence-electron chi connectivity index (χ0n) is 13.9. The normalized spacial score (nSPS) is 11.2. The Morgan fingerprint density at radius 3 is 2.22 bits per heavy atom. The lowest BCUT2D eigenvalue weighted by molar-refractivity contribution is -0.146. The molecule has 0 heterocycles. The number of esters is 2. The quantitative estimate of drug-likeness (QED) is 0.457. The molecule has 1 aromatic rings. The Bertz CT molecular complexity index is 574. The second kappa shape index (κ2) is 8.69. The first-order chi connectivity index (χ1) is 10.8. The first kappa shape index (κ1) is 20.0. The summed E-state index contributed by atoms with van der Waals surface area (Å²) in [7, 11) is 0. The first-order valence-corrected chi connectivity index (χ1v) is 8.80. The fraction of sp³-hybridized carbons (Fsp3) is 0.529. The summed E-state index contributed by atoms with van der Waals surface area (Å²) in [6.45, 7) is 7.36. The van der Waals surface area contributed by atoms with Crippen molar-refractivity contribution in [2.75, 3.05) is 0 Å². The van der Waals surface area contributed by atoms with Gasteiger partial charge in [-0.05, 0) is 41.3 Å². The fourth-order valence-corrected chi connectivity index (χ4v) is 3.01. The van der Waals surface area contributed by atoms with E-state index in [-0.39, 0.29) is 18.5 Å². The molecule has 0 bridgehead atoms. The van der Waals surface area contributed by atoms with E-state index in [4.69, 9.17) is 21.1 Å². The molecule has 0 N–H and O–H groups in total. The van der Waals surface area contributed by atoms with Crippen LogP contribution in [0, 0.1) is 5.41 Å². The molecule has 1 rings (SSSR count). The summed E-state index contributed by atoms with van der Waals surface area (Å²) in [6, 6.07) is 3.26. The minimum Gasteiger partial charge on any atom is -0.461 e. The molecule has 0 amide bonds. The predicted molar refractivity (Wildman–Crippen MR) is 93.6 cm³/mol. The minimum atomic E-state index is -0.484. The average Bonchev–Trinajstić information content (AvgIpc) is 2.51. The van der Waals surface area contributed by atoms with Crippen LogP contribution in [0.1, 0.15) is 52.5 Å². The lowest BCUT2D eigenvalue weighted by Crippen LogP contribution is -2.33. The molecular formula is C17H22BrClO4. The highest BCUT2D eigenvalue weighted by atomic mass is 79.9. The maximum atomic E-state index is 12.5. The number of carbonyl (C=O) groups is 2. The molecule has 0 spiro atoms. The van der Waals surface area contributed by atoms with Crippen LogP contribution in [0.15, 0.2) is 16.6 Å². The van der Waals surface area contributed by atoms with Crippen molar-refractivity contribution in [3.8, 4) is 5.75 Å². The number of rotatable bonds is 7. The molecule has 6 heteroatoms. The van der Waals surface area contributed by atoms with Gasteiger partial charge < -0.3 is 9.47 Å². The van der Waals surface area contributed by atoms with Crippen molar-refractivity contribution in [3.05, 3.63) is 27.2 Å². The first-order valence-electron chi connectivity index (χ1n) is 7.63. The second-order valence-corrected chi connectivity index (χ2v) is 6.65. The van der Waals surface area contributed by atoms with Crippen molar-refractivity contribution < 1.29 is 19.1 Å². The van der Waals surface area contributed by atoms with Gasteiger partial charge in [0.1, 0.15) is 12.4 Å². The lowest BCUT2D eigenvalue weighted by Gasteiger charge is -2.27. The van der Waals surface area contributed by atoms with Gasteiger partial charge in [-0.3, -0.25) is 9.59 Å². The molecule has 0 aliphatic carbocycles. The fourth-order valence-electron chi connectivity index (χ4n) is 2.33. The Labute approximate surface area is 150 Å². The van der Waals surface area contributed by atoms with Crippen LogP contribution in [0.2, 0.25) is 5.02 Å². The van der Waals surface area contributed by atoms with Gasteiger partial charge >= 0.3 is 11.9 Å². The van der Waals surface area contributed by atoms with E-state index in [0.29, 0.717) is 40.1 Å². The zero-order valence-corrected chi connectivity index (χ0v) is 16.2. The summed E-state index contributed by atoms with van der Waals surface area (Å²) in [6.07, 6.45) is 2.15. The standard InChI is InChI=1S/C17H22BrClO4/c1-5-17(6-2,7-3)16(21)23-15-9-14(19)12(8-13(15)18)10-22-11(4)20/h8-9H,5-7,10H2,1-4H3. The van der Waals surface area contributed by atoms with E-state index in [1.54, 1.807) is 12.1 Å². The van der Waals surface area contributed by atoms with Crippen molar-refractivity contribution in [2.45, 2.75) is 53.6 Å². The van der Waals surface area contributed by atoms with Crippen molar-refractivity contribution in [3.63, 3.8) is 0 Å². The molecule has 0 aliphatic heterocycles. The van der Waals surface area contributed by atoms with E-state index in [1.165, 1.54) is 6.92 Å². The third-order valence-electron chi connectivity index (χ3n) is 4.20. The van der Waals surface area contributed by atoms with Crippen LogP contribution in [0.5, 0.6) is 5.75 Å². The molecule has 0 aromatic heterocycles. The second-order valence-electron chi connectivity index (χ2n) is 5.38. The number of carbonyl (C=O) groups excluding carboxylic acids is 2. The molecule has 0 aliphatic rings. The van der Waals surface area contributed by atoms with Crippen molar-refractivity contribution in [1.82, 2.24) is 0 Å². The molecule has 4 nitrogen and oxygen atoms in total. The molecule has 0 fully saturated rings. The topological polar surface area (TPSA) is 52.6 Å². The van der Waals surface area contributed by atoms with Gasteiger partial charge in [-0.25, -0.2) is 0 Å². The summed E-state index contributed by atoms with van der Waals surface area (Å²) >= 11 is 9.55. The van der Waals surface area contributed by atoms with Crippen LogP contribution >= 0.6 is 27.5 Å². The molecule has 23 heavy (non-hydrogen) atoms. The summed E-state index contributed by atoms with van der Waals surface area (Å²) in [5.74, 6) is -0.271. The smallest absolute Gasteiger partial charge is 0.317 e. The molecule has 0 saturated heterocycles. The number of halogens is 2. The molecule has 0 atom stereocenters. The minimum absolute atomic E-state index is 0.0732. The van der Waals surface area contributed by atoms with Crippen LogP contribution in [0.25, 0.3) is 0 Å². The largest absolute Gasteiger partial charge is 0.461 e. The molecular weight excluding hydrogens is 384 g/mol. The van der Waals surface area contributed by atoms with E-state index in [9.17, 15) is 9.59 Å². The predicted octanol–water partition coefficient (Wildman–Crippen LogP) is 5.29. The van der Waals surface area contributed by atoms with Crippen molar-refractivity contribution in [2.24, 2.45) is 5.41 Å². The maximum absolute atomic E-state index is 12.5. The third kappa shape index (κ3) is 4.95. The van der Waals surface area contributed by atoms with E-state index in [1.807, 2.05) is 20.8 Å². The summed E-state index contributed by atoms with van der Waals surface area (Å²) in [4.78, 5) is 23.4. The van der Waals surface area contributed by atoms with Crippen LogP contribution in [-0.2, 0) is 20.9 Å². The highest BCUT2D eigenvalue weighted by Gasteiger charge is 2.35. The SMILES string of the molecule is CCC(CC)(CC)C(=O)Oc1cc(Cl)c(COC(C)=O)cc1Br. The molecule has 128 valence electrons. The Hall–Kier alpha value is -1.07. The van der Waals surface area contributed by atoms with Gasteiger partial charge in [-0.1, -0.05) is 32.4 Å². The summed E-state index contributed by atoms with van der Waals surface area (Å²) in [5.41, 5.74) is 0.156. The number of ether oxygens (including phenoxy) is 2. The van der Waals surface area contributed by atoms with Gasteiger partial charge in [0.05, 0.1) is 14.9 Å². The average molecular weight is 406 g/mol. The third-order valence-corrected chi connectivity index (χ3v) is 5.17. The van der Waals surface area contributed by atoms with Gasteiger partial charge in [0.25, 0.3) is 0 Å². The van der Waals surface area contributed by atoms with Gasteiger partial charge in [-0.15, -0.1) is 0 Å². The van der Waals surface area contributed by atoms with E-state index >= 15 is 0 Å². The number of benzene rings is 1. The molecule has 0 unspecified atom stereocenters. The van der Waals surface area contributed by atoms with Crippen LogP contribution in [0.4, 0.5) is 0 Å². The lowest BCUT2D eigenvalue weighted by atomic mass is 9.80. The number of hydrogen-bond donors (Lipinski definition) is 0. The number of hydrogen-bond acceptors (Lipinski definition) is 4. The Kier molecular flexibility index (Phi) is 7.55. The Morgan fingerprint density at radius 1 is 1.17 bits per heavy atom. The maximum Gasteiger partial charge on any atom is 0.317 e. The van der Waals surface area contributed by atoms with E-state index < -0.39 is 5.41 Å². The van der Waals surface area contributed by atoms with E-state index in [2.05, 4.69) is 15.9 Å². The van der Waals surface area contributed by atoms with Crippen LogP contribution in [0.3, 0.4) is 0 Å². The highest BCUT2D eigenvalue weighted by molar-refractivity contribution is 9.10. The Balaban J connectivity index is 3.00. The van der Waals surface area contributed by atoms with Crippen molar-refractivity contribution in [1.29, 1.82) is 0 Å².